The predicted octanol–water partition coefficient (Wildman–Crippen LogP) is 4.33. The Labute approximate surface area is 123 Å². The highest BCUT2D eigenvalue weighted by molar-refractivity contribution is 5.79. The third kappa shape index (κ3) is 11.6. The maximum absolute atomic E-state index is 11.1. The van der Waals surface area contributed by atoms with Crippen LogP contribution in [0.3, 0.4) is 0 Å². The van der Waals surface area contributed by atoms with Crippen molar-refractivity contribution in [3.8, 4) is 0 Å². The van der Waals surface area contributed by atoms with Crippen molar-refractivity contribution in [1.82, 2.24) is 4.98 Å². The molecule has 0 aliphatic carbocycles. The highest BCUT2D eigenvalue weighted by Crippen LogP contribution is 1.99. The molecule has 0 spiro atoms. The summed E-state index contributed by atoms with van der Waals surface area (Å²) in [7, 11) is 0. The average molecular weight is 277 g/mol. The first-order valence-corrected chi connectivity index (χ1v) is 7.33. The van der Waals surface area contributed by atoms with Crippen LogP contribution in [0.4, 0.5) is 0 Å². The summed E-state index contributed by atoms with van der Waals surface area (Å²) in [6.07, 6.45) is 10.7. The van der Waals surface area contributed by atoms with Gasteiger partial charge >= 0.3 is 0 Å². The zero-order valence-electron chi connectivity index (χ0n) is 12.8. The van der Waals surface area contributed by atoms with Gasteiger partial charge in [-0.3, -0.25) is 9.78 Å². The average Bonchev–Trinajstić information content (AvgIpc) is 2.47. The molecule has 0 saturated heterocycles. The summed E-state index contributed by atoms with van der Waals surface area (Å²) < 4.78 is 5.24. The fourth-order valence-corrected chi connectivity index (χ4v) is 1.47. The number of allylic oxidation sites excluding steroid dienone is 1. The monoisotopic (exact) mass is 277 g/mol. The van der Waals surface area contributed by atoms with E-state index in [1.165, 1.54) is 19.3 Å². The number of rotatable bonds is 9. The number of nitrogens with zero attached hydrogens (tertiary/aromatic N) is 1. The molecule has 0 radical (unpaired) electrons. The first kappa shape index (κ1) is 18.5. The Kier molecular flexibility index (Phi) is 12.9. The van der Waals surface area contributed by atoms with E-state index in [0.29, 0.717) is 13.0 Å². The van der Waals surface area contributed by atoms with Gasteiger partial charge in [0.1, 0.15) is 6.61 Å². The highest BCUT2D eigenvalue weighted by atomic mass is 16.5. The van der Waals surface area contributed by atoms with E-state index < -0.39 is 0 Å². The quantitative estimate of drug-likeness (QED) is 0.498. The molecular weight excluding hydrogens is 250 g/mol. The zero-order chi connectivity index (χ0) is 15.1. The molecule has 1 rings (SSSR count). The Balaban J connectivity index is 0.000000511. The third-order valence-electron chi connectivity index (χ3n) is 2.55. The topological polar surface area (TPSA) is 39.2 Å². The van der Waals surface area contributed by atoms with E-state index in [-0.39, 0.29) is 12.4 Å². The van der Waals surface area contributed by atoms with Crippen LogP contribution < -0.4 is 0 Å². The first-order chi connectivity index (χ1) is 9.74. The zero-order valence-corrected chi connectivity index (χ0v) is 12.8. The summed E-state index contributed by atoms with van der Waals surface area (Å²) in [5, 5.41) is 0. The maximum atomic E-state index is 11.1. The molecule has 0 N–H and O–H groups in total. The molecule has 0 bridgehead atoms. The Morgan fingerprint density at radius 3 is 2.70 bits per heavy atom. The molecule has 112 valence electrons. The van der Waals surface area contributed by atoms with E-state index in [0.717, 1.165) is 12.0 Å². The summed E-state index contributed by atoms with van der Waals surface area (Å²) in [6, 6.07) is 3.78. The fourth-order valence-electron chi connectivity index (χ4n) is 1.47. The summed E-state index contributed by atoms with van der Waals surface area (Å²) in [5.41, 5.74) is 0.997. The standard InChI is InChI=1S/C11H15NO2.C6H12/c1-2-4-11(13)9-14-8-10-5-3-6-12-7-10;1-3-5-6-4-2/h3,5-7H,2,4,8-9H2,1H3;3H,1,4-6H2,2H3. The van der Waals surface area contributed by atoms with Gasteiger partial charge in [0, 0.05) is 18.8 Å². The Bertz CT molecular complexity index is 349. The number of carbonyl (C=O) groups excluding carboxylic acids is 1. The maximum Gasteiger partial charge on any atom is 0.158 e. The van der Waals surface area contributed by atoms with Gasteiger partial charge in [0.15, 0.2) is 5.78 Å². The van der Waals surface area contributed by atoms with Crippen LogP contribution in [0, 0.1) is 0 Å². The van der Waals surface area contributed by atoms with Crippen molar-refractivity contribution < 1.29 is 9.53 Å². The van der Waals surface area contributed by atoms with Gasteiger partial charge in [-0.25, -0.2) is 0 Å². The third-order valence-corrected chi connectivity index (χ3v) is 2.55. The van der Waals surface area contributed by atoms with Crippen molar-refractivity contribution in [1.29, 1.82) is 0 Å². The molecule has 0 amide bonds. The SMILES string of the molecule is C=CCCCC.CCCC(=O)COCc1cccnc1. The Morgan fingerprint density at radius 1 is 1.40 bits per heavy atom. The summed E-state index contributed by atoms with van der Waals surface area (Å²) in [6.45, 7) is 8.44. The van der Waals surface area contributed by atoms with Gasteiger partial charge < -0.3 is 4.74 Å². The van der Waals surface area contributed by atoms with Crippen LogP contribution in [0.2, 0.25) is 0 Å². The number of hydrogen-bond donors (Lipinski definition) is 0. The lowest BCUT2D eigenvalue weighted by Crippen LogP contribution is -2.07. The Morgan fingerprint density at radius 2 is 2.20 bits per heavy atom. The second kappa shape index (κ2) is 13.9. The van der Waals surface area contributed by atoms with Crippen molar-refractivity contribution in [3.05, 3.63) is 42.7 Å². The molecule has 0 aliphatic rings. The van der Waals surface area contributed by atoms with E-state index in [9.17, 15) is 4.79 Å². The molecule has 1 aromatic rings. The molecule has 0 aromatic carbocycles. The van der Waals surface area contributed by atoms with Crippen molar-refractivity contribution in [2.75, 3.05) is 6.61 Å². The first-order valence-electron chi connectivity index (χ1n) is 7.33. The number of ether oxygens (including phenoxy) is 1. The number of pyridine rings is 1. The van der Waals surface area contributed by atoms with Gasteiger partial charge in [-0.15, -0.1) is 6.58 Å². The highest BCUT2D eigenvalue weighted by Gasteiger charge is 2.00. The normalized spacial score (nSPS) is 9.50. The van der Waals surface area contributed by atoms with Gasteiger partial charge in [-0.05, 0) is 24.5 Å². The second-order valence-electron chi connectivity index (χ2n) is 4.57. The van der Waals surface area contributed by atoms with Crippen LogP contribution >= 0.6 is 0 Å². The fraction of sp³-hybridized carbons (Fsp3) is 0.529. The largest absolute Gasteiger partial charge is 0.369 e. The molecule has 20 heavy (non-hydrogen) atoms. The number of unbranched alkanes of at least 4 members (excludes halogenated alkanes) is 2. The number of Topliss-reactive ketones (excluding diaryl/α,β-unsaturated/α-hetero) is 1. The van der Waals surface area contributed by atoms with Crippen LogP contribution in [0.5, 0.6) is 0 Å². The van der Waals surface area contributed by atoms with E-state index in [1.807, 2.05) is 25.1 Å². The summed E-state index contributed by atoms with van der Waals surface area (Å²) >= 11 is 0. The van der Waals surface area contributed by atoms with E-state index >= 15 is 0 Å². The van der Waals surface area contributed by atoms with Gasteiger partial charge in [-0.2, -0.15) is 0 Å². The minimum atomic E-state index is 0.163. The molecule has 0 aliphatic heterocycles. The minimum absolute atomic E-state index is 0.163. The molecule has 0 fully saturated rings. The predicted molar refractivity (Wildman–Crippen MR) is 83.5 cm³/mol. The number of ketones is 1. The minimum Gasteiger partial charge on any atom is -0.369 e. The summed E-state index contributed by atoms with van der Waals surface area (Å²) in [5.74, 6) is 0.163. The van der Waals surface area contributed by atoms with E-state index in [1.54, 1.807) is 12.4 Å². The van der Waals surface area contributed by atoms with E-state index in [2.05, 4.69) is 18.5 Å². The number of carbonyl (C=O) groups is 1. The molecular formula is C17H27NO2. The Hall–Kier alpha value is -1.48. The van der Waals surface area contributed by atoms with Crippen LogP contribution in [0.1, 0.15) is 51.5 Å². The van der Waals surface area contributed by atoms with E-state index in [4.69, 9.17) is 4.74 Å². The van der Waals surface area contributed by atoms with Crippen molar-refractivity contribution in [2.24, 2.45) is 0 Å². The molecule has 1 heterocycles. The molecule has 3 nitrogen and oxygen atoms in total. The number of hydrogen-bond acceptors (Lipinski definition) is 3. The summed E-state index contributed by atoms with van der Waals surface area (Å²) in [4.78, 5) is 15.0. The van der Waals surface area contributed by atoms with Crippen molar-refractivity contribution >= 4 is 5.78 Å². The number of aromatic nitrogens is 1. The van der Waals surface area contributed by atoms with Crippen LogP contribution in [0.15, 0.2) is 37.2 Å². The van der Waals surface area contributed by atoms with Crippen molar-refractivity contribution in [2.45, 2.75) is 52.6 Å². The van der Waals surface area contributed by atoms with Crippen LogP contribution in [0.25, 0.3) is 0 Å². The lowest BCUT2D eigenvalue weighted by atomic mass is 10.2. The molecule has 0 atom stereocenters. The van der Waals surface area contributed by atoms with Crippen LogP contribution in [-0.4, -0.2) is 17.4 Å². The van der Waals surface area contributed by atoms with Gasteiger partial charge in [0.2, 0.25) is 0 Å². The van der Waals surface area contributed by atoms with Crippen molar-refractivity contribution in [3.63, 3.8) is 0 Å². The molecule has 0 unspecified atom stereocenters. The molecule has 3 heteroatoms. The lowest BCUT2D eigenvalue weighted by Gasteiger charge is -2.02. The van der Waals surface area contributed by atoms with Crippen LogP contribution in [-0.2, 0) is 16.1 Å². The molecule has 1 aromatic heterocycles. The lowest BCUT2D eigenvalue weighted by molar-refractivity contribution is -0.124. The van der Waals surface area contributed by atoms with Gasteiger partial charge in [0.05, 0.1) is 6.61 Å². The van der Waals surface area contributed by atoms with Gasteiger partial charge in [-0.1, -0.05) is 38.8 Å². The smallest absolute Gasteiger partial charge is 0.158 e. The second-order valence-corrected chi connectivity index (χ2v) is 4.57. The molecule has 0 saturated carbocycles. The van der Waals surface area contributed by atoms with Gasteiger partial charge in [0.25, 0.3) is 0 Å².